The second-order valence-electron chi connectivity index (χ2n) is 7.10. The Morgan fingerprint density at radius 3 is 2.93 bits per heavy atom. The van der Waals surface area contributed by atoms with E-state index in [1.54, 1.807) is 24.5 Å². The van der Waals surface area contributed by atoms with Gasteiger partial charge in [0.15, 0.2) is 6.17 Å². The summed E-state index contributed by atoms with van der Waals surface area (Å²) < 4.78 is 20.1. The van der Waals surface area contributed by atoms with E-state index in [1.165, 1.54) is 6.20 Å². The molecule has 0 aliphatic carbocycles. The van der Waals surface area contributed by atoms with E-state index in [-0.39, 0.29) is 17.8 Å². The number of hydrogen-bond donors (Lipinski definition) is 2. The van der Waals surface area contributed by atoms with E-state index >= 15 is 0 Å². The number of piperidine rings is 1. The molecular formula is C19H18FN5O2. The Balaban J connectivity index is 1.38. The molecule has 1 unspecified atom stereocenters. The first-order chi connectivity index (χ1) is 13.2. The summed E-state index contributed by atoms with van der Waals surface area (Å²) in [6.07, 6.45) is 5.61. The van der Waals surface area contributed by atoms with E-state index in [0.717, 1.165) is 23.6 Å². The second kappa shape index (κ2) is 6.38. The monoisotopic (exact) mass is 367 g/mol. The van der Waals surface area contributed by atoms with Gasteiger partial charge >= 0.3 is 6.01 Å². The number of nitrogens with zero attached hydrogens (tertiary/aromatic N) is 4. The highest BCUT2D eigenvalue weighted by Crippen LogP contribution is 2.33. The molecule has 0 amide bonds. The Morgan fingerprint density at radius 1 is 1.15 bits per heavy atom. The number of pyridine rings is 1. The lowest BCUT2D eigenvalue weighted by molar-refractivity contribution is 0.0386. The highest BCUT2D eigenvalue weighted by molar-refractivity contribution is 5.89. The molecular weight excluding hydrogens is 349 g/mol. The molecule has 2 aromatic heterocycles. The minimum absolute atomic E-state index is 0.0529. The van der Waals surface area contributed by atoms with Crippen LogP contribution in [0.2, 0.25) is 0 Å². The molecule has 0 radical (unpaired) electrons. The second-order valence-corrected chi connectivity index (χ2v) is 7.10. The van der Waals surface area contributed by atoms with Crippen LogP contribution in [0.15, 0.2) is 36.8 Å². The van der Waals surface area contributed by atoms with Crippen LogP contribution in [0.5, 0.6) is 11.8 Å². The van der Waals surface area contributed by atoms with Gasteiger partial charge in [-0.15, -0.1) is 5.10 Å². The van der Waals surface area contributed by atoms with Crippen LogP contribution in [-0.4, -0.2) is 49.6 Å². The van der Waals surface area contributed by atoms with Crippen molar-refractivity contribution in [1.82, 2.24) is 25.5 Å². The van der Waals surface area contributed by atoms with Crippen molar-refractivity contribution in [1.29, 1.82) is 0 Å². The highest BCUT2D eigenvalue weighted by Gasteiger charge is 2.43. The van der Waals surface area contributed by atoms with Gasteiger partial charge in [0.25, 0.3) is 0 Å². The molecule has 5 rings (SSSR count). The fraction of sp³-hybridized carbons (Fsp3) is 0.368. The Hall–Kier alpha value is -2.87. The summed E-state index contributed by atoms with van der Waals surface area (Å²) >= 11 is 0. The maximum atomic E-state index is 14.5. The summed E-state index contributed by atoms with van der Waals surface area (Å²) in [5, 5.41) is 23.4. The third-order valence-corrected chi connectivity index (χ3v) is 5.36. The summed E-state index contributed by atoms with van der Waals surface area (Å²) in [6.45, 7) is 0. The van der Waals surface area contributed by atoms with E-state index in [0.29, 0.717) is 23.7 Å². The third-order valence-electron chi connectivity index (χ3n) is 5.36. The van der Waals surface area contributed by atoms with Crippen LogP contribution in [0.25, 0.3) is 22.0 Å². The van der Waals surface area contributed by atoms with Gasteiger partial charge in [-0.25, -0.2) is 9.37 Å². The van der Waals surface area contributed by atoms with Crippen LogP contribution >= 0.6 is 0 Å². The van der Waals surface area contributed by atoms with Crippen molar-refractivity contribution in [3.63, 3.8) is 0 Å². The molecule has 27 heavy (non-hydrogen) atoms. The Kier molecular flexibility index (Phi) is 3.86. The van der Waals surface area contributed by atoms with Crippen molar-refractivity contribution < 1.29 is 14.2 Å². The van der Waals surface area contributed by atoms with Crippen molar-refractivity contribution in [2.24, 2.45) is 0 Å². The minimum Gasteiger partial charge on any atom is -0.507 e. The molecule has 4 atom stereocenters. The number of benzene rings is 1. The van der Waals surface area contributed by atoms with E-state index in [4.69, 9.17) is 4.74 Å². The molecule has 3 aromatic rings. The Labute approximate surface area is 154 Å². The van der Waals surface area contributed by atoms with Crippen LogP contribution in [0, 0.1) is 0 Å². The molecule has 2 saturated heterocycles. The number of halogens is 1. The minimum atomic E-state index is -1.08. The molecule has 8 heteroatoms. The maximum absolute atomic E-state index is 14.5. The van der Waals surface area contributed by atoms with Gasteiger partial charge in [0, 0.05) is 41.8 Å². The maximum Gasteiger partial charge on any atom is 0.336 e. The van der Waals surface area contributed by atoms with Gasteiger partial charge < -0.3 is 15.2 Å². The topological polar surface area (TPSA) is 93.1 Å². The number of fused-ring (bicyclic) bond motifs is 3. The fourth-order valence-electron chi connectivity index (χ4n) is 3.98. The molecule has 0 spiro atoms. The lowest BCUT2D eigenvalue weighted by Gasteiger charge is -2.31. The van der Waals surface area contributed by atoms with E-state index in [2.05, 4.69) is 25.5 Å². The van der Waals surface area contributed by atoms with E-state index < -0.39 is 12.3 Å². The van der Waals surface area contributed by atoms with E-state index in [9.17, 15) is 9.50 Å². The van der Waals surface area contributed by atoms with Crippen molar-refractivity contribution >= 4 is 10.8 Å². The largest absolute Gasteiger partial charge is 0.507 e. The summed E-state index contributed by atoms with van der Waals surface area (Å²) in [6, 6.07) is 5.48. The van der Waals surface area contributed by atoms with Gasteiger partial charge in [0.05, 0.1) is 6.20 Å². The highest BCUT2D eigenvalue weighted by atomic mass is 19.1. The normalized spacial score (nSPS) is 27.0. The number of rotatable bonds is 3. The van der Waals surface area contributed by atoms with Crippen LogP contribution in [0.3, 0.4) is 0 Å². The summed E-state index contributed by atoms with van der Waals surface area (Å²) in [7, 11) is 0. The van der Waals surface area contributed by atoms with Gasteiger partial charge in [-0.1, -0.05) is 5.10 Å². The third kappa shape index (κ3) is 2.95. The summed E-state index contributed by atoms with van der Waals surface area (Å²) in [5.74, 6) is 0.0685. The van der Waals surface area contributed by atoms with Crippen LogP contribution < -0.4 is 10.1 Å². The lowest BCUT2D eigenvalue weighted by atomic mass is 10.0. The molecule has 4 heterocycles. The molecule has 1 aromatic carbocycles. The Bertz CT molecular complexity index is 984. The average Bonchev–Trinajstić information content (AvgIpc) is 3.10. The van der Waals surface area contributed by atoms with Gasteiger partial charge in [-0.05, 0) is 36.4 Å². The molecule has 2 N–H and O–H groups in total. The number of aromatic nitrogens is 4. The zero-order valence-corrected chi connectivity index (χ0v) is 14.4. The number of nitrogens with one attached hydrogen (secondary N) is 1. The predicted octanol–water partition coefficient (Wildman–Crippen LogP) is 2.40. The first-order valence-electron chi connectivity index (χ1n) is 9.01. The average molecular weight is 367 g/mol. The first kappa shape index (κ1) is 16.3. The van der Waals surface area contributed by atoms with Crippen molar-refractivity contribution in [2.45, 2.75) is 43.6 Å². The zero-order valence-electron chi connectivity index (χ0n) is 14.4. The predicted molar refractivity (Wildman–Crippen MR) is 96.1 cm³/mol. The van der Waals surface area contributed by atoms with E-state index in [1.807, 2.05) is 6.07 Å². The summed E-state index contributed by atoms with van der Waals surface area (Å²) in [4.78, 5) is 8.21. The SMILES string of the molecule is Oc1cc2cnccc2cc1-c1cnc(O[C@H]2C[C@@H]3CCC(N3)[C@H]2F)nn1. The zero-order chi connectivity index (χ0) is 18.4. The Morgan fingerprint density at radius 2 is 2.07 bits per heavy atom. The van der Waals surface area contributed by atoms with Crippen molar-refractivity contribution in [3.8, 4) is 23.0 Å². The number of ether oxygens (including phenoxy) is 1. The standard InChI is InChI=1S/C19H18FN5O2/c20-18-14-2-1-12(23-14)7-17(18)27-19-22-9-15(24-25-19)13-5-10-3-4-21-8-11(10)6-16(13)26/h3-6,8-9,12,14,17-18,23,26H,1-2,7H2/t12-,14?,17-,18+/m0/s1. The molecule has 7 nitrogen and oxygen atoms in total. The number of phenols is 1. The quantitative estimate of drug-likeness (QED) is 0.734. The number of hydrogen-bond acceptors (Lipinski definition) is 7. The van der Waals surface area contributed by atoms with Gasteiger partial charge in [-0.2, -0.15) is 0 Å². The summed E-state index contributed by atoms with van der Waals surface area (Å²) in [5.41, 5.74) is 0.935. The van der Waals surface area contributed by atoms with Crippen LogP contribution in [0.4, 0.5) is 4.39 Å². The fourth-order valence-corrected chi connectivity index (χ4v) is 3.98. The molecule has 2 aliphatic rings. The number of aromatic hydroxyl groups is 1. The van der Waals surface area contributed by atoms with Crippen LogP contribution in [-0.2, 0) is 0 Å². The smallest absolute Gasteiger partial charge is 0.336 e. The van der Waals surface area contributed by atoms with Gasteiger partial charge in [-0.3, -0.25) is 4.98 Å². The van der Waals surface area contributed by atoms with Gasteiger partial charge in [0.2, 0.25) is 0 Å². The number of alkyl halides is 1. The first-order valence-corrected chi connectivity index (χ1v) is 9.01. The molecule has 0 saturated carbocycles. The molecule has 2 bridgehead atoms. The van der Waals surface area contributed by atoms with Gasteiger partial charge in [0.1, 0.15) is 17.5 Å². The molecule has 2 aliphatic heterocycles. The van der Waals surface area contributed by atoms with Crippen molar-refractivity contribution in [3.05, 3.63) is 36.8 Å². The number of phenolic OH excluding ortho intramolecular Hbond substituents is 1. The lowest BCUT2D eigenvalue weighted by Crippen LogP contribution is -2.51. The van der Waals surface area contributed by atoms with Crippen molar-refractivity contribution in [2.75, 3.05) is 0 Å². The molecule has 138 valence electrons. The molecule has 2 fully saturated rings. The van der Waals surface area contributed by atoms with Crippen LogP contribution in [0.1, 0.15) is 19.3 Å².